The molecule has 0 atom stereocenters. The van der Waals surface area contributed by atoms with Crippen LogP contribution in [0.2, 0.25) is 0 Å². The maximum atomic E-state index is 12.5. The van der Waals surface area contributed by atoms with Crippen molar-refractivity contribution in [1.29, 1.82) is 0 Å². The molecular formula is C29H36N4O. The van der Waals surface area contributed by atoms with Crippen LogP contribution in [0, 0.1) is 5.92 Å². The second-order valence-electron chi connectivity index (χ2n) is 9.96. The molecule has 5 rings (SSSR count). The van der Waals surface area contributed by atoms with Crippen molar-refractivity contribution < 1.29 is 4.79 Å². The number of imidazole rings is 1. The van der Waals surface area contributed by atoms with Crippen LogP contribution in [0.15, 0.2) is 54.7 Å². The van der Waals surface area contributed by atoms with E-state index in [1.54, 1.807) is 0 Å². The number of aromatic amines is 1. The van der Waals surface area contributed by atoms with Crippen LogP contribution in [-0.2, 0) is 4.79 Å². The molecule has 2 saturated carbocycles. The Hall–Kier alpha value is -3.08. The summed E-state index contributed by atoms with van der Waals surface area (Å²) in [6.45, 7) is 0. The van der Waals surface area contributed by atoms with Crippen molar-refractivity contribution in [1.82, 2.24) is 9.97 Å². The lowest BCUT2D eigenvalue weighted by molar-refractivity contribution is -0.120. The fourth-order valence-electron chi connectivity index (χ4n) is 5.34. The highest BCUT2D eigenvalue weighted by Gasteiger charge is 2.21. The molecule has 2 aliphatic rings. The second kappa shape index (κ2) is 10.9. The molecule has 0 spiro atoms. The summed E-state index contributed by atoms with van der Waals surface area (Å²) in [7, 11) is 0. The van der Waals surface area contributed by atoms with Crippen molar-refractivity contribution in [2.24, 2.45) is 5.92 Å². The molecule has 0 bridgehead atoms. The average Bonchev–Trinajstić information content (AvgIpc) is 3.24. The fourth-order valence-corrected chi connectivity index (χ4v) is 5.34. The minimum atomic E-state index is 0.160. The van der Waals surface area contributed by atoms with Gasteiger partial charge in [0.05, 0.1) is 11.9 Å². The summed E-state index contributed by atoms with van der Waals surface area (Å²) < 4.78 is 0. The maximum absolute atomic E-state index is 12.5. The average molecular weight is 457 g/mol. The molecule has 34 heavy (non-hydrogen) atoms. The smallest absolute Gasteiger partial charge is 0.227 e. The van der Waals surface area contributed by atoms with Crippen molar-refractivity contribution in [2.45, 2.75) is 76.7 Å². The summed E-state index contributed by atoms with van der Waals surface area (Å²) in [5, 5.41) is 6.80. The summed E-state index contributed by atoms with van der Waals surface area (Å²) in [5.74, 6) is 1.19. The van der Waals surface area contributed by atoms with E-state index in [1.807, 2.05) is 30.5 Å². The summed E-state index contributed by atoms with van der Waals surface area (Å²) in [5.41, 5.74) is 5.15. The zero-order valence-electron chi connectivity index (χ0n) is 20.0. The van der Waals surface area contributed by atoms with Crippen LogP contribution in [0.1, 0.15) is 70.6 Å². The van der Waals surface area contributed by atoms with Crippen molar-refractivity contribution in [3.63, 3.8) is 0 Å². The van der Waals surface area contributed by atoms with Gasteiger partial charge in [0, 0.05) is 28.9 Å². The first-order valence-corrected chi connectivity index (χ1v) is 13.1. The van der Waals surface area contributed by atoms with Gasteiger partial charge in [0.15, 0.2) is 0 Å². The van der Waals surface area contributed by atoms with Crippen molar-refractivity contribution in [3.8, 4) is 22.6 Å². The van der Waals surface area contributed by atoms with E-state index in [1.165, 1.54) is 63.5 Å². The van der Waals surface area contributed by atoms with E-state index in [-0.39, 0.29) is 11.8 Å². The van der Waals surface area contributed by atoms with Gasteiger partial charge in [-0.3, -0.25) is 4.79 Å². The molecule has 0 aliphatic heterocycles. The molecule has 1 aromatic heterocycles. The van der Waals surface area contributed by atoms with Crippen molar-refractivity contribution in [2.75, 3.05) is 10.6 Å². The predicted octanol–water partition coefficient (Wildman–Crippen LogP) is 7.40. The summed E-state index contributed by atoms with van der Waals surface area (Å²) in [6, 6.07) is 17.2. The molecule has 178 valence electrons. The fraction of sp³-hybridized carbons (Fsp3) is 0.448. The second-order valence-corrected chi connectivity index (χ2v) is 9.96. The number of rotatable bonds is 6. The first-order chi connectivity index (χ1) is 16.7. The number of carbonyl (C=O) groups excluding carboxylic acids is 1. The third-order valence-corrected chi connectivity index (χ3v) is 7.40. The first kappa shape index (κ1) is 22.7. The van der Waals surface area contributed by atoms with Crippen LogP contribution in [0.4, 0.5) is 11.4 Å². The number of nitrogens with one attached hydrogen (secondary N) is 3. The summed E-state index contributed by atoms with van der Waals surface area (Å²) in [4.78, 5) is 20.6. The molecule has 1 heterocycles. The van der Waals surface area contributed by atoms with Gasteiger partial charge in [-0.1, -0.05) is 57.1 Å². The number of amides is 1. The Kier molecular flexibility index (Phi) is 7.28. The molecule has 0 unspecified atom stereocenters. The zero-order valence-corrected chi connectivity index (χ0v) is 20.0. The molecule has 2 fully saturated rings. The molecule has 0 saturated heterocycles. The maximum Gasteiger partial charge on any atom is 0.227 e. The Morgan fingerprint density at radius 3 is 2.03 bits per heavy atom. The molecule has 2 aliphatic carbocycles. The first-order valence-electron chi connectivity index (χ1n) is 13.1. The number of hydrogen-bond donors (Lipinski definition) is 3. The Morgan fingerprint density at radius 1 is 0.735 bits per heavy atom. The quantitative estimate of drug-likeness (QED) is 0.339. The van der Waals surface area contributed by atoms with Crippen LogP contribution in [0.25, 0.3) is 22.6 Å². The van der Waals surface area contributed by atoms with Gasteiger partial charge < -0.3 is 15.6 Å². The van der Waals surface area contributed by atoms with Gasteiger partial charge in [0.2, 0.25) is 5.91 Å². The zero-order chi connectivity index (χ0) is 23.2. The monoisotopic (exact) mass is 456 g/mol. The van der Waals surface area contributed by atoms with E-state index in [4.69, 9.17) is 0 Å². The van der Waals surface area contributed by atoms with E-state index in [9.17, 15) is 4.79 Å². The Labute approximate surface area is 202 Å². The molecule has 3 N–H and O–H groups in total. The van der Waals surface area contributed by atoms with Gasteiger partial charge in [-0.05, 0) is 67.6 Å². The van der Waals surface area contributed by atoms with Gasteiger partial charge >= 0.3 is 0 Å². The highest BCUT2D eigenvalue weighted by molar-refractivity contribution is 5.92. The molecular weight excluding hydrogens is 420 g/mol. The number of carbonyl (C=O) groups is 1. The van der Waals surface area contributed by atoms with Crippen LogP contribution < -0.4 is 10.6 Å². The third-order valence-electron chi connectivity index (χ3n) is 7.40. The minimum absolute atomic E-state index is 0.160. The van der Waals surface area contributed by atoms with Gasteiger partial charge in [-0.2, -0.15) is 0 Å². The van der Waals surface area contributed by atoms with E-state index < -0.39 is 0 Å². The normalized spacial score (nSPS) is 17.8. The lowest BCUT2D eigenvalue weighted by Crippen LogP contribution is -2.24. The molecule has 5 nitrogen and oxygen atoms in total. The number of anilines is 2. The number of benzene rings is 2. The van der Waals surface area contributed by atoms with Gasteiger partial charge in [0.1, 0.15) is 5.82 Å². The van der Waals surface area contributed by atoms with Crippen molar-refractivity contribution >= 4 is 17.3 Å². The minimum Gasteiger partial charge on any atom is -0.382 e. The third kappa shape index (κ3) is 5.69. The molecule has 0 radical (unpaired) electrons. The van der Waals surface area contributed by atoms with E-state index in [0.29, 0.717) is 6.04 Å². The number of H-pyrrole nitrogens is 1. The standard InChI is InChI=1S/C29H36N4O/c34-29(23-8-4-3-5-9-23)32-26-16-12-21(13-17-26)27-20-30-28(33-27)22-14-18-25(19-15-22)31-24-10-6-1-2-7-11-24/h12-20,23-24,31H,1-11H2,(H,30,33)(H,32,34). The van der Waals surface area contributed by atoms with Gasteiger partial charge in [-0.15, -0.1) is 0 Å². The molecule has 2 aromatic carbocycles. The Bertz CT molecular complexity index is 1060. The SMILES string of the molecule is O=C(Nc1ccc(-c2cnc(-c3ccc(NC4CCCCCC4)cc3)[nH]2)cc1)C1CCCCC1. The van der Waals surface area contributed by atoms with Crippen LogP contribution in [-0.4, -0.2) is 21.9 Å². The molecule has 3 aromatic rings. The van der Waals surface area contributed by atoms with Crippen molar-refractivity contribution in [3.05, 3.63) is 54.7 Å². The number of hydrogen-bond acceptors (Lipinski definition) is 3. The van der Waals surface area contributed by atoms with Crippen LogP contribution >= 0.6 is 0 Å². The summed E-state index contributed by atoms with van der Waals surface area (Å²) in [6.07, 6.45) is 15.4. The number of nitrogens with zero attached hydrogens (tertiary/aromatic N) is 1. The van der Waals surface area contributed by atoms with E-state index >= 15 is 0 Å². The molecule has 5 heteroatoms. The lowest BCUT2D eigenvalue weighted by atomic mass is 9.88. The highest BCUT2D eigenvalue weighted by atomic mass is 16.1. The van der Waals surface area contributed by atoms with E-state index in [0.717, 1.165) is 41.2 Å². The van der Waals surface area contributed by atoms with Crippen LogP contribution in [0.3, 0.4) is 0 Å². The van der Waals surface area contributed by atoms with Gasteiger partial charge in [-0.25, -0.2) is 4.98 Å². The number of aromatic nitrogens is 2. The topological polar surface area (TPSA) is 69.8 Å². The Balaban J connectivity index is 1.20. The molecule has 1 amide bonds. The lowest BCUT2D eigenvalue weighted by Gasteiger charge is -2.20. The highest BCUT2D eigenvalue weighted by Crippen LogP contribution is 2.28. The van der Waals surface area contributed by atoms with Gasteiger partial charge in [0.25, 0.3) is 0 Å². The Morgan fingerprint density at radius 2 is 1.32 bits per heavy atom. The predicted molar refractivity (Wildman–Crippen MR) is 140 cm³/mol. The largest absolute Gasteiger partial charge is 0.382 e. The van der Waals surface area contributed by atoms with E-state index in [2.05, 4.69) is 44.9 Å². The van der Waals surface area contributed by atoms with Crippen LogP contribution in [0.5, 0.6) is 0 Å². The summed E-state index contributed by atoms with van der Waals surface area (Å²) >= 11 is 0.